The molecular formula is C12H18O2. The minimum atomic E-state index is -0.766. The van der Waals surface area contributed by atoms with Crippen molar-refractivity contribution in [1.29, 1.82) is 0 Å². The Bertz CT molecular complexity index is 299. The summed E-state index contributed by atoms with van der Waals surface area (Å²) >= 11 is 0. The molecule has 2 nitrogen and oxygen atoms in total. The van der Waals surface area contributed by atoms with E-state index in [1.165, 1.54) is 5.56 Å². The summed E-state index contributed by atoms with van der Waals surface area (Å²) in [6.07, 6.45) is -0.766. The van der Waals surface area contributed by atoms with Crippen LogP contribution in [0.2, 0.25) is 0 Å². The fourth-order valence-corrected chi connectivity index (χ4v) is 1.32. The number of hydrogen-bond donors (Lipinski definition) is 2. The minimum absolute atomic E-state index is 0.0746. The molecule has 0 bridgehead atoms. The molecule has 0 saturated carbocycles. The second-order valence-corrected chi connectivity index (χ2v) is 4.57. The Morgan fingerprint density at radius 1 is 1.29 bits per heavy atom. The second-order valence-electron chi connectivity index (χ2n) is 4.57. The van der Waals surface area contributed by atoms with Gasteiger partial charge < -0.3 is 10.2 Å². The Hall–Kier alpha value is -0.860. The van der Waals surface area contributed by atoms with Crippen molar-refractivity contribution in [3.05, 3.63) is 35.4 Å². The van der Waals surface area contributed by atoms with Gasteiger partial charge in [0.25, 0.3) is 0 Å². The first-order chi connectivity index (χ1) is 6.45. The van der Waals surface area contributed by atoms with Crippen LogP contribution in [0.1, 0.15) is 38.0 Å². The zero-order valence-electron chi connectivity index (χ0n) is 8.99. The van der Waals surface area contributed by atoms with Crippen molar-refractivity contribution in [2.24, 2.45) is 0 Å². The van der Waals surface area contributed by atoms with E-state index in [1.807, 2.05) is 24.3 Å². The summed E-state index contributed by atoms with van der Waals surface area (Å²) in [7, 11) is 0. The van der Waals surface area contributed by atoms with Gasteiger partial charge in [-0.05, 0) is 16.5 Å². The third-order valence-corrected chi connectivity index (χ3v) is 2.31. The van der Waals surface area contributed by atoms with E-state index in [4.69, 9.17) is 5.11 Å². The van der Waals surface area contributed by atoms with Gasteiger partial charge in [-0.1, -0.05) is 45.0 Å². The van der Waals surface area contributed by atoms with Gasteiger partial charge in [0.15, 0.2) is 0 Å². The van der Waals surface area contributed by atoms with E-state index in [1.54, 1.807) is 0 Å². The molecule has 0 aliphatic heterocycles. The summed E-state index contributed by atoms with van der Waals surface area (Å²) in [4.78, 5) is 0. The molecule has 0 aliphatic carbocycles. The highest BCUT2D eigenvalue weighted by atomic mass is 16.3. The molecule has 1 atom stereocenters. The maximum Gasteiger partial charge on any atom is 0.102 e. The summed E-state index contributed by atoms with van der Waals surface area (Å²) in [5.41, 5.74) is 2.02. The number of benzene rings is 1. The first-order valence-corrected chi connectivity index (χ1v) is 4.84. The van der Waals surface area contributed by atoms with E-state index in [0.717, 1.165) is 5.56 Å². The number of rotatable bonds is 2. The average molecular weight is 194 g/mol. The summed E-state index contributed by atoms with van der Waals surface area (Å²) in [6, 6.07) is 7.72. The Labute approximate surface area is 85.2 Å². The van der Waals surface area contributed by atoms with Crippen LogP contribution in [0, 0.1) is 0 Å². The monoisotopic (exact) mass is 194 g/mol. The molecule has 0 saturated heterocycles. The third kappa shape index (κ3) is 2.56. The second kappa shape index (κ2) is 4.11. The Morgan fingerprint density at radius 3 is 2.43 bits per heavy atom. The van der Waals surface area contributed by atoms with Crippen LogP contribution in [-0.4, -0.2) is 16.8 Å². The first kappa shape index (κ1) is 11.2. The van der Waals surface area contributed by atoms with Crippen molar-refractivity contribution in [3.8, 4) is 0 Å². The van der Waals surface area contributed by atoms with Crippen molar-refractivity contribution in [1.82, 2.24) is 0 Å². The van der Waals surface area contributed by atoms with Crippen LogP contribution in [0.5, 0.6) is 0 Å². The fraction of sp³-hybridized carbons (Fsp3) is 0.500. The topological polar surface area (TPSA) is 40.5 Å². The maximum atomic E-state index is 9.47. The van der Waals surface area contributed by atoms with Crippen LogP contribution in [0.3, 0.4) is 0 Å². The number of aliphatic hydroxyl groups excluding tert-OH is 2. The molecule has 0 heterocycles. The summed E-state index contributed by atoms with van der Waals surface area (Å²) < 4.78 is 0. The highest BCUT2D eigenvalue weighted by molar-refractivity contribution is 5.29. The fourth-order valence-electron chi connectivity index (χ4n) is 1.32. The van der Waals surface area contributed by atoms with Crippen molar-refractivity contribution in [2.45, 2.75) is 32.3 Å². The zero-order valence-corrected chi connectivity index (χ0v) is 8.99. The molecule has 0 aromatic heterocycles. The standard InChI is InChI=1S/C12H18O2/c1-12(2,3)10-6-4-5-9(7-10)11(14)8-13/h4-7,11,13-14H,8H2,1-3H3. The molecule has 0 aliphatic rings. The molecule has 2 heteroatoms. The average Bonchev–Trinajstić information content (AvgIpc) is 2.15. The predicted molar refractivity (Wildman–Crippen MR) is 57.2 cm³/mol. The number of aliphatic hydroxyl groups is 2. The summed E-state index contributed by atoms with van der Waals surface area (Å²) in [6.45, 7) is 6.14. The molecule has 1 rings (SSSR count). The smallest absolute Gasteiger partial charge is 0.102 e. The first-order valence-electron chi connectivity index (χ1n) is 4.84. The molecule has 1 aromatic carbocycles. The highest BCUT2D eigenvalue weighted by Crippen LogP contribution is 2.24. The van der Waals surface area contributed by atoms with E-state index >= 15 is 0 Å². The van der Waals surface area contributed by atoms with E-state index in [2.05, 4.69) is 20.8 Å². The van der Waals surface area contributed by atoms with E-state index in [0.29, 0.717) is 0 Å². The lowest BCUT2D eigenvalue weighted by molar-refractivity contribution is 0.0955. The quantitative estimate of drug-likeness (QED) is 0.756. The normalized spacial score (nSPS) is 14.1. The molecule has 0 radical (unpaired) electrons. The maximum absolute atomic E-state index is 9.47. The van der Waals surface area contributed by atoms with Crippen molar-refractivity contribution >= 4 is 0 Å². The molecule has 78 valence electrons. The Morgan fingerprint density at radius 2 is 1.93 bits per heavy atom. The lowest BCUT2D eigenvalue weighted by Crippen LogP contribution is -2.12. The largest absolute Gasteiger partial charge is 0.393 e. The van der Waals surface area contributed by atoms with Gasteiger partial charge in [0, 0.05) is 0 Å². The lowest BCUT2D eigenvalue weighted by Gasteiger charge is -2.20. The van der Waals surface area contributed by atoms with Gasteiger partial charge in [0.05, 0.1) is 6.61 Å². The molecule has 0 spiro atoms. The van der Waals surface area contributed by atoms with Gasteiger partial charge in [-0.15, -0.1) is 0 Å². The van der Waals surface area contributed by atoms with E-state index in [-0.39, 0.29) is 12.0 Å². The van der Waals surface area contributed by atoms with Gasteiger partial charge in [0.2, 0.25) is 0 Å². The number of hydrogen-bond acceptors (Lipinski definition) is 2. The van der Waals surface area contributed by atoms with Gasteiger partial charge in [0.1, 0.15) is 6.10 Å². The molecule has 1 aromatic rings. The molecule has 14 heavy (non-hydrogen) atoms. The van der Waals surface area contributed by atoms with Gasteiger partial charge in [-0.25, -0.2) is 0 Å². The van der Waals surface area contributed by atoms with Crippen molar-refractivity contribution < 1.29 is 10.2 Å². The highest BCUT2D eigenvalue weighted by Gasteiger charge is 2.15. The van der Waals surface area contributed by atoms with Crippen molar-refractivity contribution in [3.63, 3.8) is 0 Å². The molecule has 0 fully saturated rings. The summed E-state index contributed by atoms with van der Waals surface area (Å²) in [5, 5.41) is 18.3. The molecular weight excluding hydrogens is 176 g/mol. The lowest BCUT2D eigenvalue weighted by atomic mass is 9.86. The van der Waals surface area contributed by atoms with E-state index in [9.17, 15) is 5.11 Å². The van der Waals surface area contributed by atoms with Crippen LogP contribution < -0.4 is 0 Å². The molecule has 2 N–H and O–H groups in total. The Kier molecular flexibility index (Phi) is 3.29. The predicted octanol–water partition coefficient (Wildman–Crippen LogP) is 2.01. The third-order valence-electron chi connectivity index (χ3n) is 2.31. The molecule has 1 unspecified atom stereocenters. The van der Waals surface area contributed by atoms with Crippen molar-refractivity contribution in [2.75, 3.05) is 6.61 Å². The van der Waals surface area contributed by atoms with Gasteiger partial charge in [-0.3, -0.25) is 0 Å². The van der Waals surface area contributed by atoms with Crippen LogP contribution in [0.15, 0.2) is 24.3 Å². The van der Waals surface area contributed by atoms with Crippen LogP contribution in [0.25, 0.3) is 0 Å². The minimum Gasteiger partial charge on any atom is -0.393 e. The van der Waals surface area contributed by atoms with Crippen LogP contribution in [0.4, 0.5) is 0 Å². The van der Waals surface area contributed by atoms with Crippen LogP contribution >= 0.6 is 0 Å². The zero-order chi connectivity index (χ0) is 10.8. The molecule has 0 amide bonds. The van der Waals surface area contributed by atoms with Gasteiger partial charge in [-0.2, -0.15) is 0 Å². The SMILES string of the molecule is CC(C)(C)c1cccc(C(O)CO)c1. The Balaban J connectivity index is 3.01. The van der Waals surface area contributed by atoms with Crippen LogP contribution in [-0.2, 0) is 5.41 Å². The van der Waals surface area contributed by atoms with E-state index < -0.39 is 6.10 Å². The van der Waals surface area contributed by atoms with Gasteiger partial charge >= 0.3 is 0 Å². The summed E-state index contributed by atoms with van der Waals surface area (Å²) in [5.74, 6) is 0.